The molecule has 1 aromatic heterocycles. The number of fused-ring (bicyclic) bond motifs is 1. The van der Waals surface area contributed by atoms with Gasteiger partial charge in [0.2, 0.25) is 5.88 Å². The maximum Gasteiger partial charge on any atom is 0.224 e. The number of benzene rings is 2. The van der Waals surface area contributed by atoms with E-state index in [1.165, 1.54) is 12.4 Å². The number of nitrogens with zero attached hydrogens (tertiary/aromatic N) is 2. The smallest absolute Gasteiger partial charge is 0.224 e. The summed E-state index contributed by atoms with van der Waals surface area (Å²) in [6.45, 7) is 3.06. The van der Waals surface area contributed by atoms with Crippen molar-refractivity contribution in [3.05, 3.63) is 60.2 Å². The molecule has 118 valence electrons. The van der Waals surface area contributed by atoms with Crippen molar-refractivity contribution in [1.82, 2.24) is 9.97 Å². The Kier molecular flexibility index (Phi) is 4.66. The van der Waals surface area contributed by atoms with Crippen LogP contribution in [0, 0.1) is 5.82 Å². The van der Waals surface area contributed by atoms with E-state index in [0.717, 1.165) is 17.7 Å². The van der Waals surface area contributed by atoms with Gasteiger partial charge < -0.3 is 9.47 Å². The minimum Gasteiger partial charge on any atom is -0.494 e. The molecule has 0 saturated heterocycles. The summed E-state index contributed by atoms with van der Waals surface area (Å²) in [6.07, 6.45) is 2.05. The van der Waals surface area contributed by atoms with Gasteiger partial charge in [0, 0.05) is 6.42 Å². The van der Waals surface area contributed by atoms with Crippen LogP contribution in [0.15, 0.2) is 48.8 Å². The molecule has 0 saturated carbocycles. The van der Waals surface area contributed by atoms with Gasteiger partial charge in [0.15, 0.2) is 0 Å². The van der Waals surface area contributed by atoms with Crippen molar-refractivity contribution in [2.45, 2.75) is 13.3 Å². The van der Waals surface area contributed by atoms with Gasteiger partial charge in [0.25, 0.3) is 0 Å². The van der Waals surface area contributed by atoms with E-state index in [2.05, 4.69) is 9.97 Å². The topological polar surface area (TPSA) is 44.2 Å². The van der Waals surface area contributed by atoms with E-state index in [1.54, 1.807) is 12.1 Å². The van der Waals surface area contributed by atoms with Gasteiger partial charge >= 0.3 is 0 Å². The van der Waals surface area contributed by atoms with Gasteiger partial charge in [0.05, 0.1) is 18.6 Å². The SMILES string of the molecule is CCOc1ccc(CCOc2ncnc3c(F)cccc23)cc1. The highest BCUT2D eigenvalue weighted by molar-refractivity contribution is 5.83. The Hall–Kier alpha value is -2.69. The molecule has 2 aromatic carbocycles. The van der Waals surface area contributed by atoms with Crippen LogP contribution in [0.25, 0.3) is 10.9 Å². The van der Waals surface area contributed by atoms with Gasteiger partial charge in [-0.15, -0.1) is 0 Å². The number of aromatic nitrogens is 2. The summed E-state index contributed by atoms with van der Waals surface area (Å²) in [5.74, 6) is 0.885. The molecule has 0 N–H and O–H groups in total. The molecule has 0 aliphatic rings. The van der Waals surface area contributed by atoms with Gasteiger partial charge in [-0.25, -0.2) is 14.4 Å². The van der Waals surface area contributed by atoms with Gasteiger partial charge in [-0.1, -0.05) is 18.2 Å². The monoisotopic (exact) mass is 312 g/mol. The Balaban J connectivity index is 1.66. The molecule has 4 nitrogen and oxygen atoms in total. The molecule has 5 heteroatoms. The zero-order valence-electron chi connectivity index (χ0n) is 12.8. The second-order valence-electron chi connectivity index (χ2n) is 4.99. The second kappa shape index (κ2) is 7.05. The van der Waals surface area contributed by atoms with Crippen molar-refractivity contribution in [2.75, 3.05) is 13.2 Å². The van der Waals surface area contributed by atoms with E-state index in [-0.39, 0.29) is 11.3 Å². The zero-order valence-corrected chi connectivity index (χ0v) is 12.8. The van der Waals surface area contributed by atoms with Gasteiger partial charge in [-0.05, 0) is 36.8 Å². The maximum atomic E-state index is 13.7. The zero-order chi connectivity index (χ0) is 16.1. The molecule has 0 aliphatic heterocycles. The summed E-state index contributed by atoms with van der Waals surface area (Å²) >= 11 is 0. The van der Waals surface area contributed by atoms with Crippen LogP contribution >= 0.6 is 0 Å². The Morgan fingerprint density at radius 3 is 2.61 bits per heavy atom. The Morgan fingerprint density at radius 2 is 1.83 bits per heavy atom. The van der Waals surface area contributed by atoms with Crippen molar-refractivity contribution >= 4 is 10.9 Å². The minimum atomic E-state index is -0.374. The third-order valence-corrected chi connectivity index (χ3v) is 3.44. The summed E-state index contributed by atoms with van der Waals surface area (Å²) in [5.41, 5.74) is 1.41. The average Bonchev–Trinajstić information content (AvgIpc) is 2.58. The molecule has 0 amide bonds. The fourth-order valence-corrected chi connectivity index (χ4v) is 2.33. The van der Waals surface area contributed by atoms with Crippen LogP contribution in [0.2, 0.25) is 0 Å². The van der Waals surface area contributed by atoms with Crippen molar-refractivity contribution in [3.63, 3.8) is 0 Å². The summed E-state index contributed by atoms with van der Waals surface area (Å²) in [4.78, 5) is 8.05. The van der Waals surface area contributed by atoms with Crippen LogP contribution in [0.1, 0.15) is 12.5 Å². The van der Waals surface area contributed by atoms with Crippen LogP contribution in [0.3, 0.4) is 0 Å². The molecule has 0 radical (unpaired) electrons. The maximum absolute atomic E-state index is 13.7. The van der Waals surface area contributed by atoms with Gasteiger partial charge in [-0.3, -0.25) is 0 Å². The fourth-order valence-electron chi connectivity index (χ4n) is 2.33. The van der Waals surface area contributed by atoms with Crippen molar-refractivity contribution in [2.24, 2.45) is 0 Å². The van der Waals surface area contributed by atoms with Crippen molar-refractivity contribution in [1.29, 1.82) is 0 Å². The van der Waals surface area contributed by atoms with Crippen molar-refractivity contribution < 1.29 is 13.9 Å². The first kappa shape index (κ1) is 15.2. The Labute approximate surface area is 133 Å². The van der Waals surface area contributed by atoms with E-state index in [0.29, 0.717) is 24.5 Å². The Morgan fingerprint density at radius 1 is 1.00 bits per heavy atom. The molecule has 0 atom stereocenters. The lowest BCUT2D eigenvalue weighted by molar-refractivity contribution is 0.313. The summed E-state index contributed by atoms with van der Waals surface area (Å²) in [6, 6.07) is 12.6. The van der Waals surface area contributed by atoms with E-state index in [9.17, 15) is 4.39 Å². The molecule has 23 heavy (non-hydrogen) atoms. The number of halogens is 1. The summed E-state index contributed by atoms with van der Waals surface area (Å²) < 4.78 is 24.8. The number of hydrogen-bond donors (Lipinski definition) is 0. The van der Waals surface area contributed by atoms with Crippen LogP contribution in [-0.4, -0.2) is 23.2 Å². The average molecular weight is 312 g/mol. The van der Waals surface area contributed by atoms with E-state index in [1.807, 2.05) is 31.2 Å². The second-order valence-corrected chi connectivity index (χ2v) is 4.99. The lowest BCUT2D eigenvalue weighted by atomic mass is 10.1. The number of ether oxygens (including phenoxy) is 2. The lowest BCUT2D eigenvalue weighted by Crippen LogP contribution is -2.04. The van der Waals surface area contributed by atoms with E-state index in [4.69, 9.17) is 9.47 Å². The van der Waals surface area contributed by atoms with E-state index < -0.39 is 0 Å². The standard InChI is InChI=1S/C18H17FN2O2/c1-2-22-14-8-6-13(7-9-14)10-11-23-18-15-4-3-5-16(19)17(15)20-12-21-18/h3-9,12H,2,10-11H2,1H3. The highest BCUT2D eigenvalue weighted by Crippen LogP contribution is 2.23. The summed E-state index contributed by atoms with van der Waals surface area (Å²) in [5, 5.41) is 0.583. The number of para-hydroxylation sites is 1. The summed E-state index contributed by atoms with van der Waals surface area (Å²) in [7, 11) is 0. The quantitative estimate of drug-likeness (QED) is 0.694. The molecule has 0 unspecified atom stereocenters. The molecular formula is C18H17FN2O2. The molecular weight excluding hydrogens is 295 g/mol. The normalized spacial score (nSPS) is 10.7. The highest BCUT2D eigenvalue weighted by Gasteiger charge is 2.08. The van der Waals surface area contributed by atoms with Gasteiger partial charge in [-0.2, -0.15) is 0 Å². The molecule has 3 aromatic rings. The van der Waals surface area contributed by atoms with Crippen LogP contribution in [-0.2, 0) is 6.42 Å². The predicted octanol–water partition coefficient (Wildman–Crippen LogP) is 3.79. The Bertz CT molecular complexity index is 791. The van der Waals surface area contributed by atoms with Crippen LogP contribution in [0.5, 0.6) is 11.6 Å². The number of hydrogen-bond acceptors (Lipinski definition) is 4. The third kappa shape index (κ3) is 3.56. The fraction of sp³-hybridized carbons (Fsp3) is 0.222. The molecule has 0 spiro atoms. The van der Waals surface area contributed by atoms with Gasteiger partial charge in [0.1, 0.15) is 23.4 Å². The molecule has 3 rings (SSSR count). The highest BCUT2D eigenvalue weighted by atomic mass is 19.1. The minimum absolute atomic E-state index is 0.276. The molecule has 1 heterocycles. The van der Waals surface area contributed by atoms with E-state index >= 15 is 0 Å². The first-order chi connectivity index (χ1) is 11.3. The first-order valence-electron chi connectivity index (χ1n) is 7.51. The largest absolute Gasteiger partial charge is 0.494 e. The first-order valence-corrected chi connectivity index (χ1v) is 7.51. The lowest BCUT2D eigenvalue weighted by Gasteiger charge is -2.08. The predicted molar refractivity (Wildman–Crippen MR) is 86.3 cm³/mol. The van der Waals surface area contributed by atoms with Crippen LogP contribution in [0.4, 0.5) is 4.39 Å². The van der Waals surface area contributed by atoms with Crippen molar-refractivity contribution in [3.8, 4) is 11.6 Å². The molecule has 0 fully saturated rings. The molecule has 0 bridgehead atoms. The third-order valence-electron chi connectivity index (χ3n) is 3.44. The van der Waals surface area contributed by atoms with Crippen LogP contribution < -0.4 is 9.47 Å². The number of rotatable bonds is 6. The molecule has 0 aliphatic carbocycles.